The molecule has 0 aliphatic carbocycles. The summed E-state index contributed by atoms with van der Waals surface area (Å²) >= 11 is 0. The minimum Gasteiger partial charge on any atom is -0.480 e. The molecule has 17 heavy (non-hydrogen) atoms. The lowest BCUT2D eigenvalue weighted by Crippen LogP contribution is -2.17. The Morgan fingerprint density at radius 2 is 2.41 bits per heavy atom. The van der Waals surface area contributed by atoms with E-state index in [9.17, 15) is 4.79 Å². The van der Waals surface area contributed by atoms with Crippen molar-refractivity contribution in [1.82, 2.24) is 9.78 Å². The minimum atomic E-state index is -0.894. The van der Waals surface area contributed by atoms with E-state index in [1.54, 1.807) is 19.3 Å². The molecule has 1 aromatic heterocycles. The molecule has 0 amide bonds. The molecule has 0 radical (unpaired) electrons. The van der Waals surface area contributed by atoms with Gasteiger partial charge in [-0.2, -0.15) is 5.10 Å². The maximum atomic E-state index is 10.8. The number of aliphatic imine (C=N–C) groups is 1. The van der Waals surface area contributed by atoms with Gasteiger partial charge in [0, 0.05) is 19.2 Å². The Morgan fingerprint density at radius 3 is 3.06 bits per heavy atom. The third-order valence-electron chi connectivity index (χ3n) is 2.77. The molecule has 0 saturated carbocycles. The summed E-state index contributed by atoms with van der Waals surface area (Å²) in [4.78, 5) is 15.2. The molecule has 1 aliphatic rings. The fourth-order valence-electron chi connectivity index (χ4n) is 1.69. The summed E-state index contributed by atoms with van der Waals surface area (Å²) in [5.74, 6) is 0.0634. The van der Waals surface area contributed by atoms with Crippen LogP contribution in [-0.4, -0.2) is 33.2 Å². The number of hydrogen-bond acceptors (Lipinski definition) is 4. The normalized spacial score (nSPS) is 17.4. The van der Waals surface area contributed by atoms with Gasteiger partial charge in [0.2, 0.25) is 0 Å². The van der Waals surface area contributed by atoms with Gasteiger partial charge in [-0.05, 0) is 19.8 Å². The number of aromatic nitrogens is 2. The van der Waals surface area contributed by atoms with Crippen LogP contribution in [0.2, 0.25) is 0 Å². The lowest BCUT2D eigenvalue weighted by molar-refractivity contribution is -0.140. The van der Waals surface area contributed by atoms with Gasteiger partial charge in [0.05, 0.1) is 11.9 Å². The first-order valence-electron chi connectivity index (χ1n) is 5.74. The zero-order chi connectivity index (χ0) is 12.3. The van der Waals surface area contributed by atoms with Crippen molar-refractivity contribution < 1.29 is 9.90 Å². The Kier molecular flexibility index (Phi) is 3.41. The van der Waals surface area contributed by atoms with Gasteiger partial charge in [-0.3, -0.25) is 9.67 Å². The van der Waals surface area contributed by atoms with Crippen LogP contribution in [-0.2, 0) is 4.79 Å². The Balaban J connectivity index is 2.03. The van der Waals surface area contributed by atoms with Crippen molar-refractivity contribution in [3.8, 4) is 0 Å². The summed E-state index contributed by atoms with van der Waals surface area (Å²) in [6, 6.07) is -0.654. The van der Waals surface area contributed by atoms with Gasteiger partial charge >= 0.3 is 5.97 Å². The number of hydrogen-bond donors (Lipinski definition) is 2. The Bertz CT molecular complexity index is 438. The third kappa shape index (κ3) is 2.83. The van der Waals surface area contributed by atoms with Gasteiger partial charge < -0.3 is 10.4 Å². The van der Waals surface area contributed by atoms with E-state index in [4.69, 9.17) is 5.11 Å². The maximum absolute atomic E-state index is 10.8. The molecular weight excluding hydrogens is 220 g/mol. The molecule has 2 heterocycles. The van der Waals surface area contributed by atoms with E-state index in [-0.39, 0.29) is 0 Å². The van der Waals surface area contributed by atoms with Crippen molar-refractivity contribution in [1.29, 1.82) is 0 Å². The number of carbonyl (C=O) groups is 1. The molecule has 2 rings (SSSR count). The SMILES string of the molecule is CC(C(=O)O)n1cc(NC2=NCCCC2)cn1. The van der Waals surface area contributed by atoms with Gasteiger partial charge in [0.25, 0.3) is 0 Å². The van der Waals surface area contributed by atoms with Gasteiger partial charge in [-0.1, -0.05) is 0 Å². The first-order valence-corrected chi connectivity index (χ1v) is 5.74. The molecule has 6 heteroatoms. The van der Waals surface area contributed by atoms with Crippen LogP contribution in [0.15, 0.2) is 17.4 Å². The van der Waals surface area contributed by atoms with Crippen molar-refractivity contribution in [2.24, 2.45) is 4.99 Å². The number of carboxylic acid groups (broad SMARTS) is 1. The van der Waals surface area contributed by atoms with Crippen molar-refractivity contribution in [2.45, 2.75) is 32.2 Å². The Hall–Kier alpha value is -1.85. The molecule has 1 unspecified atom stereocenters. The second-order valence-corrected chi connectivity index (χ2v) is 4.13. The quantitative estimate of drug-likeness (QED) is 0.834. The van der Waals surface area contributed by atoms with Crippen LogP contribution in [0.5, 0.6) is 0 Å². The fraction of sp³-hybridized carbons (Fsp3) is 0.545. The molecule has 6 nitrogen and oxygen atoms in total. The van der Waals surface area contributed by atoms with E-state index < -0.39 is 12.0 Å². The Labute approximate surface area is 99.4 Å². The highest BCUT2D eigenvalue weighted by atomic mass is 16.4. The van der Waals surface area contributed by atoms with Crippen LogP contribution in [0.4, 0.5) is 5.69 Å². The van der Waals surface area contributed by atoms with Crippen LogP contribution in [0, 0.1) is 0 Å². The number of amidine groups is 1. The predicted octanol–water partition coefficient (Wildman–Crippen LogP) is 1.52. The van der Waals surface area contributed by atoms with Crippen LogP contribution in [0.3, 0.4) is 0 Å². The van der Waals surface area contributed by atoms with Crippen LogP contribution in [0.25, 0.3) is 0 Å². The number of aliphatic carboxylic acids is 1. The predicted molar refractivity (Wildman–Crippen MR) is 64.3 cm³/mol. The second-order valence-electron chi connectivity index (χ2n) is 4.13. The molecule has 0 aromatic carbocycles. The maximum Gasteiger partial charge on any atom is 0.328 e. The lowest BCUT2D eigenvalue weighted by Gasteiger charge is -2.12. The highest BCUT2D eigenvalue weighted by Gasteiger charge is 2.14. The highest BCUT2D eigenvalue weighted by molar-refractivity contribution is 5.95. The fourth-order valence-corrected chi connectivity index (χ4v) is 1.69. The van der Waals surface area contributed by atoms with Crippen molar-refractivity contribution in [3.05, 3.63) is 12.4 Å². The summed E-state index contributed by atoms with van der Waals surface area (Å²) in [5.41, 5.74) is 0.791. The number of nitrogens with one attached hydrogen (secondary N) is 1. The topological polar surface area (TPSA) is 79.5 Å². The molecule has 92 valence electrons. The molecule has 0 bridgehead atoms. The molecule has 1 atom stereocenters. The zero-order valence-electron chi connectivity index (χ0n) is 9.76. The summed E-state index contributed by atoms with van der Waals surface area (Å²) in [6.07, 6.45) is 6.54. The molecule has 1 aromatic rings. The van der Waals surface area contributed by atoms with E-state index in [0.717, 1.165) is 37.3 Å². The molecule has 0 saturated heterocycles. The molecule has 0 spiro atoms. The van der Waals surface area contributed by atoms with Gasteiger partial charge in [0.1, 0.15) is 11.9 Å². The smallest absolute Gasteiger partial charge is 0.328 e. The van der Waals surface area contributed by atoms with Crippen LogP contribution < -0.4 is 5.32 Å². The summed E-state index contributed by atoms with van der Waals surface area (Å²) in [5, 5.41) is 16.1. The summed E-state index contributed by atoms with van der Waals surface area (Å²) in [6.45, 7) is 2.46. The molecule has 1 aliphatic heterocycles. The van der Waals surface area contributed by atoms with Crippen molar-refractivity contribution >= 4 is 17.5 Å². The van der Waals surface area contributed by atoms with E-state index in [1.165, 1.54) is 4.68 Å². The monoisotopic (exact) mass is 236 g/mol. The van der Waals surface area contributed by atoms with E-state index in [0.29, 0.717) is 0 Å². The first-order chi connectivity index (χ1) is 8.16. The number of anilines is 1. The van der Waals surface area contributed by atoms with Crippen molar-refractivity contribution in [3.63, 3.8) is 0 Å². The zero-order valence-corrected chi connectivity index (χ0v) is 9.76. The number of nitrogens with zero attached hydrogens (tertiary/aromatic N) is 3. The minimum absolute atomic E-state index is 0.654. The second kappa shape index (κ2) is 4.99. The van der Waals surface area contributed by atoms with E-state index >= 15 is 0 Å². The van der Waals surface area contributed by atoms with Crippen molar-refractivity contribution in [2.75, 3.05) is 11.9 Å². The molecule has 0 fully saturated rings. The average molecular weight is 236 g/mol. The Morgan fingerprint density at radius 1 is 1.59 bits per heavy atom. The molecular formula is C11H16N4O2. The van der Waals surface area contributed by atoms with E-state index in [1.807, 2.05) is 0 Å². The standard InChI is InChI=1S/C11H16N4O2/c1-8(11(16)17)15-7-9(6-13-15)14-10-4-2-3-5-12-10/h6-8H,2-5H2,1H3,(H,12,14)(H,16,17). The van der Waals surface area contributed by atoms with Gasteiger partial charge in [-0.25, -0.2) is 4.79 Å². The van der Waals surface area contributed by atoms with Crippen LogP contribution in [0.1, 0.15) is 32.2 Å². The average Bonchev–Trinajstić information content (AvgIpc) is 2.77. The first kappa shape index (κ1) is 11.6. The van der Waals surface area contributed by atoms with E-state index in [2.05, 4.69) is 15.4 Å². The molecule has 2 N–H and O–H groups in total. The number of carboxylic acids is 1. The summed E-state index contributed by atoms with van der Waals surface area (Å²) < 4.78 is 1.42. The highest BCUT2D eigenvalue weighted by Crippen LogP contribution is 2.13. The van der Waals surface area contributed by atoms with Crippen LogP contribution >= 0.6 is 0 Å². The summed E-state index contributed by atoms with van der Waals surface area (Å²) in [7, 11) is 0. The third-order valence-corrected chi connectivity index (χ3v) is 2.77. The number of rotatable bonds is 3. The largest absolute Gasteiger partial charge is 0.480 e. The van der Waals surface area contributed by atoms with Gasteiger partial charge in [0.15, 0.2) is 0 Å². The lowest BCUT2D eigenvalue weighted by atomic mass is 10.2. The van der Waals surface area contributed by atoms with Gasteiger partial charge in [-0.15, -0.1) is 0 Å².